The molecular formula is C81H145NO18. The number of nitrogens with one attached hydrogen (secondary N) is 1. The maximum Gasteiger partial charge on any atom is 0.220 e. The van der Waals surface area contributed by atoms with Crippen LogP contribution < -0.4 is 5.32 Å². The largest absolute Gasteiger partial charge is 0.394 e. The molecule has 17 atom stereocenters. The SMILES string of the molecule is CCCCCCC/C=C\C/C=C\C/C=C\CCCCCCCCCCCCCCCCCCC(=O)NC(COC1OC(CO)C(OC2OC(CO)C(OC3OC(CO)C(O)C(O)C3O)C(O)C2O)C(O)C1O)C(O)/C=C/CC/C=C/CC/C=C/CCCCCCCCCCCCCCCC. The summed E-state index contributed by atoms with van der Waals surface area (Å²) < 4.78 is 34.4. The minimum atomic E-state index is -1.99. The van der Waals surface area contributed by atoms with Gasteiger partial charge in [-0.2, -0.15) is 0 Å². The Morgan fingerprint density at radius 1 is 0.360 bits per heavy atom. The fourth-order valence-electron chi connectivity index (χ4n) is 13.2. The molecular weight excluding hydrogens is 1270 g/mol. The molecule has 3 aliphatic rings. The van der Waals surface area contributed by atoms with Crippen molar-refractivity contribution in [1.29, 1.82) is 0 Å². The van der Waals surface area contributed by atoms with Crippen molar-refractivity contribution in [3.8, 4) is 0 Å². The van der Waals surface area contributed by atoms with E-state index in [4.69, 9.17) is 28.4 Å². The van der Waals surface area contributed by atoms with E-state index in [9.17, 15) is 61.0 Å². The Morgan fingerprint density at radius 2 is 0.670 bits per heavy atom. The summed E-state index contributed by atoms with van der Waals surface area (Å²) in [6.07, 6.45) is 53.2. The van der Waals surface area contributed by atoms with Crippen LogP contribution in [0.3, 0.4) is 0 Å². The zero-order chi connectivity index (χ0) is 72.5. The van der Waals surface area contributed by atoms with E-state index < -0.39 is 124 Å². The molecule has 0 saturated carbocycles. The first-order valence-corrected chi connectivity index (χ1v) is 40.2. The van der Waals surface area contributed by atoms with Gasteiger partial charge in [-0.05, 0) is 83.5 Å². The molecule has 3 rings (SSSR count). The normalized spacial score (nSPS) is 26.8. The molecule has 582 valence electrons. The number of ether oxygens (including phenoxy) is 6. The molecule has 3 heterocycles. The van der Waals surface area contributed by atoms with Crippen LogP contribution in [0.25, 0.3) is 0 Å². The highest BCUT2D eigenvalue weighted by Crippen LogP contribution is 2.33. The molecule has 19 heteroatoms. The maximum atomic E-state index is 13.5. The summed E-state index contributed by atoms with van der Waals surface area (Å²) in [5, 5.41) is 121. The van der Waals surface area contributed by atoms with Gasteiger partial charge in [0.05, 0.1) is 38.6 Å². The van der Waals surface area contributed by atoms with Crippen LogP contribution in [-0.4, -0.2) is 193 Å². The van der Waals surface area contributed by atoms with E-state index in [1.807, 2.05) is 6.08 Å². The third-order valence-corrected chi connectivity index (χ3v) is 19.7. The van der Waals surface area contributed by atoms with Gasteiger partial charge >= 0.3 is 0 Å². The van der Waals surface area contributed by atoms with Gasteiger partial charge in [0.2, 0.25) is 5.91 Å². The van der Waals surface area contributed by atoms with Crippen molar-refractivity contribution >= 4 is 5.91 Å². The number of carbonyl (C=O) groups is 1. The molecule has 0 aliphatic carbocycles. The number of rotatable bonds is 63. The first kappa shape index (κ1) is 91.4. The minimum absolute atomic E-state index is 0.230. The Balaban J connectivity index is 1.39. The van der Waals surface area contributed by atoms with E-state index in [-0.39, 0.29) is 18.9 Å². The quantitative estimate of drug-likeness (QED) is 0.0199. The average Bonchev–Trinajstić information content (AvgIpc) is 0.783. The zero-order valence-electron chi connectivity index (χ0n) is 62.2. The molecule has 3 fully saturated rings. The second-order valence-corrected chi connectivity index (χ2v) is 28.5. The van der Waals surface area contributed by atoms with Crippen LogP contribution in [0.5, 0.6) is 0 Å². The van der Waals surface area contributed by atoms with Crippen molar-refractivity contribution in [2.24, 2.45) is 0 Å². The molecule has 0 bridgehead atoms. The Bertz CT molecular complexity index is 2090. The fraction of sp³-hybridized carbons (Fsp3) is 0.840. The number of aliphatic hydroxyl groups excluding tert-OH is 11. The Kier molecular flexibility index (Phi) is 56.1. The van der Waals surface area contributed by atoms with Crippen molar-refractivity contribution in [2.45, 2.75) is 407 Å². The first-order chi connectivity index (χ1) is 48.8. The number of allylic oxidation sites excluding steroid dienone is 11. The van der Waals surface area contributed by atoms with Gasteiger partial charge in [-0.15, -0.1) is 0 Å². The van der Waals surface area contributed by atoms with Crippen LogP contribution in [0.1, 0.15) is 303 Å². The van der Waals surface area contributed by atoms with Gasteiger partial charge in [-0.25, -0.2) is 0 Å². The van der Waals surface area contributed by atoms with Crippen LogP contribution in [0.4, 0.5) is 0 Å². The summed E-state index contributed by atoms with van der Waals surface area (Å²) in [5.74, 6) is -0.288. The molecule has 17 unspecified atom stereocenters. The Labute approximate surface area is 604 Å². The summed E-state index contributed by atoms with van der Waals surface area (Å²) in [5.41, 5.74) is 0. The monoisotopic (exact) mass is 1420 g/mol. The van der Waals surface area contributed by atoms with Gasteiger partial charge in [-0.3, -0.25) is 4.79 Å². The topological polar surface area (TPSA) is 307 Å². The molecule has 0 aromatic heterocycles. The van der Waals surface area contributed by atoms with Crippen LogP contribution in [0.15, 0.2) is 72.9 Å². The number of hydrogen-bond acceptors (Lipinski definition) is 18. The Morgan fingerprint density at radius 3 is 1.07 bits per heavy atom. The third kappa shape index (κ3) is 41.2. The van der Waals surface area contributed by atoms with E-state index in [0.29, 0.717) is 12.8 Å². The molecule has 19 nitrogen and oxygen atoms in total. The lowest BCUT2D eigenvalue weighted by Gasteiger charge is -2.48. The summed E-state index contributed by atoms with van der Waals surface area (Å²) in [6.45, 7) is 1.73. The van der Waals surface area contributed by atoms with E-state index in [0.717, 1.165) is 57.8 Å². The van der Waals surface area contributed by atoms with Gasteiger partial charge in [-0.1, -0.05) is 286 Å². The van der Waals surface area contributed by atoms with E-state index >= 15 is 0 Å². The highest BCUT2D eigenvalue weighted by atomic mass is 16.8. The second-order valence-electron chi connectivity index (χ2n) is 28.5. The highest BCUT2D eigenvalue weighted by molar-refractivity contribution is 5.76. The Hall–Kier alpha value is -2.77. The van der Waals surface area contributed by atoms with E-state index in [1.165, 1.54) is 212 Å². The van der Waals surface area contributed by atoms with Gasteiger partial charge in [0.15, 0.2) is 18.9 Å². The summed E-state index contributed by atoms with van der Waals surface area (Å²) in [6, 6.07) is -1.00. The van der Waals surface area contributed by atoms with Crippen LogP contribution in [0.2, 0.25) is 0 Å². The standard InChI is InChI=1S/C81H145NO18/c1-3-5-7-9-11-13-15-17-19-21-23-25-27-29-30-31-32-33-34-35-37-39-41-43-45-47-49-51-53-55-57-59-69(87)82-64(65(86)58-56-54-52-50-48-46-44-42-40-38-36-28-26-24-22-20-18-16-14-12-10-8-6-4-2)63-95-79-75(93)72(90)77(67(61-84)97-79)100-81-76(94)73(91)78(68(62-85)98-81)99-80-74(92)71(89)70(88)66(60-83)96-80/h15,17,21,23,27,29,40,42,48,50,56,58,64-68,70-81,83-86,88-94H,3-14,16,18-20,22,24-26,28,30-39,41,43-47,49,51-55,57,59-63H2,1-2H3,(H,82,87)/b17-15-,23-21-,29-27-,42-40+,50-48+,58-56+. The minimum Gasteiger partial charge on any atom is -0.394 e. The first-order valence-electron chi connectivity index (χ1n) is 40.2. The van der Waals surface area contributed by atoms with Gasteiger partial charge in [0.1, 0.15) is 73.2 Å². The molecule has 1 amide bonds. The van der Waals surface area contributed by atoms with Crippen molar-refractivity contribution in [1.82, 2.24) is 5.32 Å². The van der Waals surface area contributed by atoms with Crippen molar-refractivity contribution in [2.75, 3.05) is 26.4 Å². The van der Waals surface area contributed by atoms with Crippen molar-refractivity contribution in [3.05, 3.63) is 72.9 Å². The molecule has 0 radical (unpaired) electrons. The molecule has 0 aromatic rings. The number of unbranched alkanes of at least 4 members (excludes halogenated alkanes) is 37. The number of aliphatic hydroxyl groups is 11. The predicted molar refractivity (Wildman–Crippen MR) is 397 cm³/mol. The maximum absolute atomic E-state index is 13.5. The van der Waals surface area contributed by atoms with Crippen molar-refractivity contribution < 1.29 is 89.4 Å². The lowest BCUT2D eigenvalue weighted by atomic mass is 9.96. The van der Waals surface area contributed by atoms with Crippen LogP contribution in [0, 0.1) is 0 Å². The molecule has 3 aliphatic heterocycles. The molecule has 0 aromatic carbocycles. The van der Waals surface area contributed by atoms with Crippen molar-refractivity contribution in [3.63, 3.8) is 0 Å². The predicted octanol–water partition coefficient (Wildman–Crippen LogP) is 13.2. The molecule has 100 heavy (non-hydrogen) atoms. The molecule has 3 saturated heterocycles. The van der Waals surface area contributed by atoms with Gasteiger partial charge < -0.3 is 89.9 Å². The van der Waals surface area contributed by atoms with E-state index in [1.54, 1.807) is 6.08 Å². The number of amides is 1. The summed E-state index contributed by atoms with van der Waals surface area (Å²) in [7, 11) is 0. The van der Waals surface area contributed by atoms with Gasteiger partial charge in [0, 0.05) is 6.42 Å². The number of carbonyl (C=O) groups excluding carboxylic acids is 1. The highest BCUT2D eigenvalue weighted by Gasteiger charge is 2.54. The smallest absolute Gasteiger partial charge is 0.220 e. The molecule has 12 N–H and O–H groups in total. The fourth-order valence-corrected chi connectivity index (χ4v) is 13.2. The van der Waals surface area contributed by atoms with Gasteiger partial charge in [0.25, 0.3) is 0 Å². The van der Waals surface area contributed by atoms with Crippen LogP contribution >= 0.6 is 0 Å². The second kappa shape index (κ2) is 61.4. The lowest BCUT2D eigenvalue weighted by molar-refractivity contribution is -0.379. The van der Waals surface area contributed by atoms with E-state index in [2.05, 4.69) is 79.9 Å². The zero-order valence-corrected chi connectivity index (χ0v) is 62.2. The third-order valence-electron chi connectivity index (χ3n) is 19.7. The number of hydrogen-bond donors (Lipinski definition) is 12. The summed E-state index contributed by atoms with van der Waals surface area (Å²) in [4.78, 5) is 13.5. The molecule has 0 spiro atoms. The average molecular weight is 1420 g/mol. The van der Waals surface area contributed by atoms with Crippen LogP contribution in [-0.2, 0) is 33.2 Å². The summed E-state index contributed by atoms with van der Waals surface area (Å²) >= 11 is 0. The lowest BCUT2D eigenvalue weighted by Crippen LogP contribution is -2.66.